The molecule has 0 spiro atoms. The van der Waals surface area contributed by atoms with Crippen LogP contribution in [0.25, 0.3) is 0 Å². The van der Waals surface area contributed by atoms with Crippen LogP contribution in [0.3, 0.4) is 0 Å². The highest BCUT2D eigenvalue weighted by atomic mass is 16.5. The Morgan fingerprint density at radius 2 is 1.71 bits per heavy atom. The number of amides is 1. The number of aromatic nitrogens is 3. The minimum atomic E-state index is -0.402. The predicted octanol–water partition coefficient (Wildman–Crippen LogP) is 2.91. The van der Waals surface area contributed by atoms with E-state index in [1.54, 1.807) is 55.7 Å². The predicted molar refractivity (Wildman–Crippen MR) is 104 cm³/mol. The summed E-state index contributed by atoms with van der Waals surface area (Å²) in [5, 5.41) is 13.8. The molecule has 0 bridgehead atoms. The fraction of sp³-hybridized carbons (Fsp3) is 0.150. The van der Waals surface area contributed by atoms with Gasteiger partial charge in [0.25, 0.3) is 5.91 Å². The number of pyridine rings is 1. The van der Waals surface area contributed by atoms with Gasteiger partial charge in [-0.05, 0) is 61.0 Å². The number of benzene rings is 1. The van der Waals surface area contributed by atoms with Crippen molar-refractivity contribution in [3.05, 3.63) is 77.7 Å². The Morgan fingerprint density at radius 3 is 2.36 bits per heavy atom. The molecular formula is C20H19N5O3. The van der Waals surface area contributed by atoms with Crippen molar-refractivity contribution in [2.24, 2.45) is 0 Å². The largest absolute Gasteiger partial charge is 0.462 e. The van der Waals surface area contributed by atoms with Crippen molar-refractivity contribution in [1.82, 2.24) is 15.2 Å². The summed E-state index contributed by atoms with van der Waals surface area (Å²) in [6.07, 6.45) is 3.44. The summed E-state index contributed by atoms with van der Waals surface area (Å²) >= 11 is 0. The van der Waals surface area contributed by atoms with Crippen LogP contribution < -0.4 is 10.6 Å². The van der Waals surface area contributed by atoms with E-state index in [1.165, 1.54) is 0 Å². The molecule has 2 heterocycles. The molecule has 0 unspecified atom stereocenters. The summed E-state index contributed by atoms with van der Waals surface area (Å²) in [5.41, 5.74) is 2.21. The van der Waals surface area contributed by atoms with E-state index in [0.29, 0.717) is 30.2 Å². The van der Waals surface area contributed by atoms with Crippen LogP contribution in [0, 0.1) is 0 Å². The molecule has 3 aromatic rings. The topological polar surface area (TPSA) is 106 Å². The maximum Gasteiger partial charge on any atom is 0.338 e. The summed E-state index contributed by atoms with van der Waals surface area (Å²) in [6, 6.07) is 13.5. The molecule has 0 fully saturated rings. The number of nitrogens with one attached hydrogen (secondary N) is 2. The lowest BCUT2D eigenvalue weighted by molar-refractivity contribution is 0.0526. The molecule has 0 aliphatic carbocycles. The molecule has 0 saturated heterocycles. The smallest absolute Gasteiger partial charge is 0.338 e. The number of nitrogens with zero attached hydrogens (tertiary/aromatic N) is 3. The van der Waals surface area contributed by atoms with Gasteiger partial charge in [0.1, 0.15) is 5.82 Å². The van der Waals surface area contributed by atoms with Gasteiger partial charge < -0.3 is 15.4 Å². The van der Waals surface area contributed by atoms with Crippen molar-refractivity contribution in [2.75, 3.05) is 17.2 Å². The fourth-order valence-corrected chi connectivity index (χ4v) is 2.34. The first-order valence-corrected chi connectivity index (χ1v) is 8.70. The Balaban J connectivity index is 1.56. The minimum absolute atomic E-state index is 0.184. The van der Waals surface area contributed by atoms with Crippen molar-refractivity contribution in [1.29, 1.82) is 0 Å². The second-order valence-corrected chi connectivity index (χ2v) is 5.76. The molecule has 1 aromatic carbocycles. The molecule has 3 rings (SSSR count). The zero-order valence-electron chi connectivity index (χ0n) is 15.3. The molecule has 0 saturated carbocycles. The second kappa shape index (κ2) is 9.22. The van der Waals surface area contributed by atoms with Crippen LogP contribution >= 0.6 is 0 Å². The molecule has 2 N–H and O–H groups in total. The highest BCUT2D eigenvalue weighted by Crippen LogP contribution is 2.12. The number of hydrogen-bond acceptors (Lipinski definition) is 7. The third-order valence-corrected chi connectivity index (χ3v) is 3.77. The van der Waals surface area contributed by atoms with E-state index in [2.05, 4.69) is 25.8 Å². The van der Waals surface area contributed by atoms with Crippen LogP contribution in [-0.2, 0) is 11.3 Å². The average molecular weight is 377 g/mol. The maximum atomic E-state index is 12.3. The molecule has 0 radical (unpaired) electrons. The van der Waals surface area contributed by atoms with Gasteiger partial charge in [-0.1, -0.05) is 0 Å². The van der Waals surface area contributed by atoms with E-state index in [-0.39, 0.29) is 5.69 Å². The van der Waals surface area contributed by atoms with Crippen molar-refractivity contribution < 1.29 is 14.3 Å². The summed E-state index contributed by atoms with van der Waals surface area (Å²) in [5.74, 6) is -0.231. The Hall–Kier alpha value is -3.81. The van der Waals surface area contributed by atoms with Gasteiger partial charge in [0.2, 0.25) is 0 Å². The van der Waals surface area contributed by atoms with E-state index < -0.39 is 11.9 Å². The van der Waals surface area contributed by atoms with E-state index in [0.717, 1.165) is 5.56 Å². The van der Waals surface area contributed by atoms with Crippen LogP contribution in [0.2, 0.25) is 0 Å². The second-order valence-electron chi connectivity index (χ2n) is 5.76. The van der Waals surface area contributed by atoms with Crippen LogP contribution in [0.4, 0.5) is 11.5 Å². The molecule has 2 aromatic heterocycles. The normalized spacial score (nSPS) is 10.2. The van der Waals surface area contributed by atoms with Crippen molar-refractivity contribution >= 4 is 23.4 Å². The van der Waals surface area contributed by atoms with Gasteiger partial charge >= 0.3 is 5.97 Å². The van der Waals surface area contributed by atoms with Gasteiger partial charge in [-0.25, -0.2) is 4.79 Å². The van der Waals surface area contributed by atoms with E-state index >= 15 is 0 Å². The van der Waals surface area contributed by atoms with E-state index in [9.17, 15) is 9.59 Å². The molecule has 28 heavy (non-hydrogen) atoms. The van der Waals surface area contributed by atoms with Crippen LogP contribution in [0.5, 0.6) is 0 Å². The first-order chi connectivity index (χ1) is 13.7. The monoisotopic (exact) mass is 377 g/mol. The minimum Gasteiger partial charge on any atom is -0.462 e. The fourth-order valence-electron chi connectivity index (χ4n) is 2.34. The highest BCUT2D eigenvalue weighted by Gasteiger charge is 2.10. The zero-order valence-corrected chi connectivity index (χ0v) is 15.3. The lowest BCUT2D eigenvalue weighted by Crippen LogP contribution is -2.15. The van der Waals surface area contributed by atoms with Gasteiger partial charge in [-0.2, -0.15) is 0 Å². The quantitative estimate of drug-likeness (QED) is 0.610. The van der Waals surface area contributed by atoms with Crippen molar-refractivity contribution in [3.63, 3.8) is 0 Å². The number of rotatable bonds is 7. The number of esters is 1. The number of anilines is 2. The number of hydrogen-bond donors (Lipinski definition) is 2. The van der Waals surface area contributed by atoms with Gasteiger partial charge in [-0.3, -0.25) is 9.78 Å². The third kappa shape index (κ3) is 5.10. The summed E-state index contributed by atoms with van der Waals surface area (Å²) in [7, 11) is 0. The molecule has 1 amide bonds. The molecule has 8 heteroatoms. The Morgan fingerprint density at radius 1 is 0.964 bits per heavy atom. The number of carbonyl (C=O) groups is 2. The van der Waals surface area contributed by atoms with Gasteiger partial charge in [0.05, 0.1) is 12.2 Å². The van der Waals surface area contributed by atoms with Crippen molar-refractivity contribution in [2.45, 2.75) is 13.5 Å². The Labute approximate surface area is 162 Å². The van der Waals surface area contributed by atoms with Gasteiger partial charge in [0, 0.05) is 24.6 Å². The van der Waals surface area contributed by atoms with E-state index in [1.807, 2.05) is 12.1 Å². The van der Waals surface area contributed by atoms with Crippen LogP contribution in [0.15, 0.2) is 60.9 Å². The highest BCUT2D eigenvalue weighted by molar-refractivity contribution is 6.03. The first kappa shape index (κ1) is 19.0. The van der Waals surface area contributed by atoms with Gasteiger partial charge in [0.15, 0.2) is 5.69 Å². The Kier molecular flexibility index (Phi) is 6.25. The molecule has 8 nitrogen and oxygen atoms in total. The molecule has 0 atom stereocenters. The standard InChI is InChI=1S/C20H19N5O3/c1-2-28-20(27)15-3-5-16(6-4-15)23-19(26)17-7-8-18(25-24-17)22-13-14-9-11-21-12-10-14/h3-12H,2,13H2,1H3,(H,22,25)(H,23,26). The molecular weight excluding hydrogens is 358 g/mol. The van der Waals surface area contributed by atoms with Crippen LogP contribution in [-0.4, -0.2) is 33.7 Å². The third-order valence-electron chi connectivity index (χ3n) is 3.77. The number of ether oxygens (including phenoxy) is 1. The SMILES string of the molecule is CCOC(=O)c1ccc(NC(=O)c2ccc(NCc3ccncc3)nn2)cc1. The number of carbonyl (C=O) groups excluding carboxylic acids is 2. The molecule has 0 aliphatic rings. The first-order valence-electron chi connectivity index (χ1n) is 8.70. The molecule has 142 valence electrons. The zero-order chi connectivity index (χ0) is 19.8. The summed E-state index contributed by atoms with van der Waals surface area (Å²) in [6.45, 7) is 2.63. The maximum absolute atomic E-state index is 12.3. The summed E-state index contributed by atoms with van der Waals surface area (Å²) in [4.78, 5) is 27.9. The van der Waals surface area contributed by atoms with E-state index in [4.69, 9.17) is 4.74 Å². The molecule has 0 aliphatic heterocycles. The average Bonchev–Trinajstić information content (AvgIpc) is 2.74. The van der Waals surface area contributed by atoms with Gasteiger partial charge in [-0.15, -0.1) is 10.2 Å². The van der Waals surface area contributed by atoms with Crippen molar-refractivity contribution in [3.8, 4) is 0 Å². The lowest BCUT2D eigenvalue weighted by Gasteiger charge is -2.07. The summed E-state index contributed by atoms with van der Waals surface area (Å²) < 4.78 is 4.92. The van der Waals surface area contributed by atoms with Crippen LogP contribution in [0.1, 0.15) is 33.3 Å². The lowest BCUT2D eigenvalue weighted by atomic mass is 10.2. The Bertz CT molecular complexity index is 928.